The number of aryl methyl sites for hydroxylation is 2. The molecule has 7 nitrogen and oxygen atoms in total. The Kier molecular flexibility index (Phi) is 3.99. The molecule has 1 fully saturated rings. The van der Waals surface area contributed by atoms with E-state index in [0.717, 1.165) is 49.0 Å². The van der Waals surface area contributed by atoms with Gasteiger partial charge >= 0.3 is 0 Å². The van der Waals surface area contributed by atoms with Gasteiger partial charge in [-0.1, -0.05) is 5.16 Å². The number of carbonyl (C=O) groups excluding carboxylic acids is 1. The van der Waals surface area contributed by atoms with Crippen LogP contribution < -0.4 is 0 Å². The van der Waals surface area contributed by atoms with Gasteiger partial charge in [0.1, 0.15) is 0 Å². The fourth-order valence-corrected chi connectivity index (χ4v) is 3.47. The number of hydrogen-bond donors (Lipinski definition) is 0. The van der Waals surface area contributed by atoms with Crippen molar-refractivity contribution in [3.8, 4) is 0 Å². The minimum atomic E-state index is 0.0172. The van der Waals surface area contributed by atoms with E-state index in [9.17, 15) is 4.79 Å². The lowest BCUT2D eigenvalue weighted by Crippen LogP contribution is -2.46. The number of amides is 1. The fraction of sp³-hybridized carbons (Fsp3) is 0.444. The fourth-order valence-electron chi connectivity index (χ4n) is 3.47. The summed E-state index contributed by atoms with van der Waals surface area (Å²) in [6.07, 6.45) is 8.61. The second kappa shape index (κ2) is 6.31. The van der Waals surface area contributed by atoms with Crippen molar-refractivity contribution in [2.24, 2.45) is 0 Å². The molecule has 1 aliphatic rings. The second-order valence-electron chi connectivity index (χ2n) is 6.73. The summed E-state index contributed by atoms with van der Waals surface area (Å²) >= 11 is 0. The third-order valence-electron chi connectivity index (χ3n) is 4.81. The van der Waals surface area contributed by atoms with Crippen molar-refractivity contribution in [2.75, 3.05) is 6.54 Å². The van der Waals surface area contributed by atoms with Gasteiger partial charge in [0.25, 0.3) is 11.6 Å². The van der Waals surface area contributed by atoms with Gasteiger partial charge in [-0.05, 0) is 44.7 Å². The van der Waals surface area contributed by atoms with Crippen LogP contribution in [0.5, 0.6) is 0 Å². The second-order valence-corrected chi connectivity index (χ2v) is 6.73. The normalized spacial score (nSPS) is 18.0. The van der Waals surface area contributed by atoms with Crippen molar-refractivity contribution in [1.82, 2.24) is 24.8 Å². The van der Waals surface area contributed by atoms with Crippen molar-refractivity contribution in [1.29, 1.82) is 0 Å². The minimum absolute atomic E-state index is 0.0172. The zero-order chi connectivity index (χ0) is 17.4. The molecule has 130 valence electrons. The highest BCUT2D eigenvalue weighted by Gasteiger charge is 2.28. The summed E-state index contributed by atoms with van der Waals surface area (Å²) in [5.74, 6) is 0.0172. The van der Waals surface area contributed by atoms with Gasteiger partial charge in [-0.3, -0.25) is 9.48 Å². The smallest absolute Gasteiger partial charge is 0.257 e. The molecule has 0 N–H and O–H groups in total. The Balaban J connectivity index is 1.59. The quantitative estimate of drug-likeness (QED) is 0.733. The van der Waals surface area contributed by atoms with E-state index in [0.29, 0.717) is 11.3 Å². The molecule has 0 unspecified atom stereocenters. The Bertz CT molecular complexity index is 913. The van der Waals surface area contributed by atoms with Gasteiger partial charge in [0, 0.05) is 18.9 Å². The van der Waals surface area contributed by atoms with E-state index in [1.165, 1.54) is 0 Å². The molecule has 7 heteroatoms. The maximum atomic E-state index is 13.1. The van der Waals surface area contributed by atoms with Crippen LogP contribution in [0.25, 0.3) is 11.1 Å². The number of piperidine rings is 1. The van der Waals surface area contributed by atoms with Crippen LogP contribution in [0.1, 0.15) is 40.9 Å². The van der Waals surface area contributed by atoms with Crippen LogP contribution in [0.3, 0.4) is 0 Å². The summed E-state index contributed by atoms with van der Waals surface area (Å²) in [7, 11) is 0. The summed E-state index contributed by atoms with van der Waals surface area (Å²) in [6.45, 7) is 5.37. The first-order chi connectivity index (χ1) is 12.1. The highest BCUT2D eigenvalue weighted by Crippen LogP contribution is 2.23. The summed E-state index contributed by atoms with van der Waals surface area (Å²) in [5.41, 5.74) is 2.93. The molecule has 3 aromatic rings. The number of aromatic nitrogens is 4. The minimum Gasteiger partial charge on any atom is -0.336 e. The van der Waals surface area contributed by atoms with Gasteiger partial charge in [-0.25, -0.2) is 4.98 Å². The molecule has 4 rings (SSSR count). The molecule has 0 aliphatic carbocycles. The Hall–Kier alpha value is -2.70. The SMILES string of the molecule is Cc1cnn(C[C@H]2CCCCN2C(=O)c2cnc3onc(C)c3c2)c1. The van der Waals surface area contributed by atoms with Gasteiger partial charge in [0.2, 0.25) is 0 Å². The first kappa shape index (κ1) is 15.8. The lowest BCUT2D eigenvalue weighted by molar-refractivity contribution is 0.0583. The molecule has 25 heavy (non-hydrogen) atoms. The van der Waals surface area contributed by atoms with Crippen LogP contribution in [-0.4, -0.2) is 43.3 Å². The van der Waals surface area contributed by atoms with Crippen molar-refractivity contribution < 1.29 is 9.32 Å². The standard InChI is InChI=1S/C18H21N5O2/c1-12-8-20-22(10-12)11-15-5-3-4-6-23(15)18(24)14-7-16-13(2)21-25-17(16)19-9-14/h7-10,15H,3-6,11H2,1-2H3/t15-/m1/s1. The molecule has 0 saturated carbocycles. The van der Waals surface area contributed by atoms with Gasteiger partial charge in [-0.15, -0.1) is 0 Å². The maximum Gasteiger partial charge on any atom is 0.257 e. The third-order valence-corrected chi connectivity index (χ3v) is 4.81. The van der Waals surface area contributed by atoms with Gasteiger partial charge < -0.3 is 9.42 Å². The zero-order valence-corrected chi connectivity index (χ0v) is 14.5. The monoisotopic (exact) mass is 339 g/mol. The molecule has 0 spiro atoms. The first-order valence-electron chi connectivity index (χ1n) is 8.64. The predicted octanol–water partition coefficient (Wildman–Crippen LogP) is 2.73. The largest absolute Gasteiger partial charge is 0.336 e. The highest BCUT2D eigenvalue weighted by atomic mass is 16.5. The highest BCUT2D eigenvalue weighted by molar-refractivity contribution is 5.97. The molecule has 3 aromatic heterocycles. The molecule has 0 aromatic carbocycles. The topological polar surface area (TPSA) is 77.0 Å². The van der Waals surface area contributed by atoms with Crippen molar-refractivity contribution in [3.63, 3.8) is 0 Å². The Morgan fingerprint density at radius 2 is 2.20 bits per heavy atom. The average Bonchev–Trinajstić information content (AvgIpc) is 3.20. The third kappa shape index (κ3) is 3.01. The van der Waals surface area contributed by atoms with Crippen LogP contribution in [0.4, 0.5) is 0 Å². The molecule has 1 atom stereocenters. The summed E-state index contributed by atoms with van der Waals surface area (Å²) in [6, 6.07) is 1.99. The molecule has 0 bridgehead atoms. The number of likely N-dealkylation sites (tertiary alicyclic amines) is 1. The van der Waals surface area contributed by atoms with Crippen LogP contribution in [0.2, 0.25) is 0 Å². The van der Waals surface area contributed by atoms with Crippen molar-refractivity contribution in [2.45, 2.75) is 45.7 Å². The van der Waals surface area contributed by atoms with E-state index in [2.05, 4.69) is 15.2 Å². The zero-order valence-electron chi connectivity index (χ0n) is 14.5. The van der Waals surface area contributed by atoms with E-state index in [1.807, 2.05) is 41.9 Å². The number of nitrogens with zero attached hydrogens (tertiary/aromatic N) is 5. The molecular formula is C18H21N5O2. The molecule has 4 heterocycles. The molecule has 1 aliphatic heterocycles. The molecule has 1 saturated heterocycles. The van der Waals surface area contributed by atoms with E-state index < -0.39 is 0 Å². The Labute approximate surface area is 145 Å². The van der Waals surface area contributed by atoms with Gasteiger partial charge in [-0.2, -0.15) is 5.10 Å². The van der Waals surface area contributed by atoms with E-state index in [1.54, 1.807) is 6.20 Å². The summed E-state index contributed by atoms with van der Waals surface area (Å²) in [5, 5.41) is 9.07. The number of rotatable bonds is 3. The molecule has 0 radical (unpaired) electrons. The Morgan fingerprint density at radius 1 is 1.32 bits per heavy atom. The maximum absolute atomic E-state index is 13.1. The average molecular weight is 339 g/mol. The van der Waals surface area contributed by atoms with E-state index in [-0.39, 0.29) is 11.9 Å². The van der Waals surface area contributed by atoms with Gasteiger partial charge in [0.15, 0.2) is 0 Å². The van der Waals surface area contributed by atoms with Gasteiger partial charge in [0.05, 0.1) is 35.4 Å². The molecule has 1 amide bonds. The molecular weight excluding hydrogens is 318 g/mol. The van der Waals surface area contributed by atoms with Crippen LogP contribution in [-0.2, 0) is 6.54 Å². The number of pyridine rings is 1. The lowest BCUT2D eigenvalue weighted by atomic mass is 10.0. The van der Waals surface area contributed by atoms with Crippen molar-refractivity contribution >= 4 is 17.0 Å². The van der Waals surface area contributed by atoms with Crippen molar-refractivity contribution in [3.05, 3.63) is 41.5 Å². The Morgan fingerprint density at radius 3 is 3.00 bits per heavy atom. The number of hydrogen-bond acceptors (Lipinski definition) is 5. The summed E-state index contributed by atoms with van der Waals surface area (Å²) in [4.78, 5) is 19.3. The van der Waals surface area contributed by atoms with E-state index in [4.69, 9.17) is 4.52 Å². The van der Waals surface area contributed by atoms with Crippen LogP contribution in [0.15, 0.2) is 29.2 Å². The first-order valence-corrected chi connectivity index (χ1v) is 8.64. The summed E-state index contributed by atoms with van der Waals surface area (Å²) < 4.78 is 7.06. The van der Waals surface area contributed by atoms with Crippen LogP contribution in [0, 0.1) is 13.8 Å². The van der Waals surface area contributed by atoms with Crippen LogP contribution >= 0.6 is 0 Å². The number of carbonyl (C=O) groups is 1. The number of fused-ring (bicyclic) bond motifs is 1. The van der Waals surface area contributed by atoms with E-state index >= 15 is 0 Å². The predicted molar refractivity (Wildman–Crippen MR) is 92.2 cm³/mol. The lowest BCUT2D eigenvalue weighted by Gasteiger charge is -2.35.